The van der Waals surface area contributed by atoms with E-state index in [1.54, 1.807) is 7.05 Å². The molecule has 17 nitrogen and oxygen atoms in total. The molecule has 14 atom stereocenters. The molecule has 5 aliphatic rings. The van der Waals surface area contributed by atoms with Crippen molar-refractivity contribution >= 4 is 5.78 Å². The molecule has 2 saturated heterocycles. The topological polar surface area (TPSA) is 298 Å². The standard InChI is InChI=1S/C30H55N5O12/c1-29(42)11-44-27(23(41)26(29)34-2)46-24-13(6-18(36)30(43)7-15(32)8-30)5-16(33)25(22(24)40)47-28-21(39)20(38)19(37)17(45-28)10-35-9-12-3-14(31)4-12/h12-17,19-28,34-35,37-43H,3-11,31-33H2,1-2H3/t12?,13-,14?,15?,16-,17+,19+,20-,21+,22+,23+,24-,25?,26+,27+,28+,29-,30?/m0/s1. The molecule has 0 spiro atoms. The monoisotopic (exact) mass is 677 g/mol. The van der Waals surface area contributed by atoms with Gasteiger partial charge in [0, 0.05) is 31.1 Å². The van der Waals surface area contributed by atoms with Gasteiger partial charge in [-0.1, -0.05) is 0 Å². The maximum atomic E-state index is 13.2. The molecule has 17 heteroatoms. The first-order valence-electron chi connectivity index (χ1n) is 16.7. The van der Waals surface area contributed by atoms with Crippen molar-refractivity contribution in [2.24, 2.45) is 29.0 Å². The van der Waals surface area contributed by atoms with E-state index in [1.165, 1.54) is 6.92 Å². The summed E-state index contributed by atoms with van der Waals surface area (Å²) in [5.41, 5.74) is 15.1. The Kier molecular flexibility index (Phi) is 11.7. The van der Waals surface area contributed by atoms with E-state index >= 15 is 0 Å². The van der Waals surface area contributed by atoms with Crippen LogP contribution in [0.1, 0.15) is 45.4 Å². The zero-order valence-electron chi connectivity index (χ0n) is 27.0. The fraction of sp³-hybridized carbons (Fsp3) is 0.967. The predicted octanol–water partition coefficient (Wildman–Crippen LogP) is -5.53. The first-order chi connectivity index (χ1) is 22.0. The van der Waals surface area contributed by atoms with Crippen LogP contribution in [0.25, 0.3) is 0 Å². The zero-order chi connectivity index (χ0) is 34.4. The van der Waals surface area contributed by atoms with Crippen LogP contribution in [0.15, 0.2) is 0 Å². The van der Waals surface area contributed by atoms with Crippen LogP contribution < -0.4 is 27.8 Å². The van der Waals surface area contributed by atoms with Gasteiger partial charge < -0.3 is 82.5 Å². The predicted molar refractivity (Wildman–Crippen MR) is 163 cm³/mol. The number of hydrogen-bond donors (Lipinski definition) is 12. The second-order valence-electron chi connectivity index (χ2n) is 14.7. The fourth-order valence-corrected chi connectivity index (χ4v) is 7.83. The molecular formula is C30H55N5O12. The molecule has 5 fully saturated rings. The highest BCUT2D eigenvalue weighted by molar-refractivity contribution is 5.88. The average Bonchev–Trinajstić information content (AvgIpc) is 2.97. The third-order valence-corrected chi connectivity index (χ3v) is 10.7. The smallest absolute Gasteiger partial charge is 0.187 e. The Morgan fingerprint density at radius 3 is 2.13 bits per heavy atom. The summed E-state index contributed by atoms with van der Waals surface area (Å²) < 4.78 is 23.7. The van der Waals surface area contributed by atoms with E-state index in [0.29, 0.717) is 12.5 Å². The number of ether oxygens (including phenoxy) is 4. The molecule has 47 heavy (non-hydrogen) atoms. The second kappa shape index (κ2) is 14.7. The normalized spacial score (nSPS) is 52.0. The van der Waals surface area contributed by atoms with Gasteiger partial charge in [-0.15, -0.1) is 0 Å². The van der Waals surface area contributed by atoms with Crippen LogP contribution in [0.3, 0.4) is 0 Å². The van der Waals surface area contributed by atoms with Gasteiger partial charge in [0.05, 0.1) is 18.8 Å². The molecule has 2 aliphatic heterocycles. The van der Waals surface area contributed by atoms with Crippen molar-refractivity contribution in [3.05, 3.63) is 0 Å². The van der Waals surface area contributed by atoms with Gasteiger partial charge in [-0.05, 0) is 64.5 Å². The van der Waals surface area contributed by atoms with Crippen molar-refractivity contribution in [3.8, 4) is 0 Å². The van der Waals surface area contributed by atoms with E-state index in [-0.39, 0.29) is 50.9 Å². The molecule has 0 radical (unpaired) electrons. The van der Waals surface area contributed by atoms with E-state index in [9.17, 15) is 40.5 Å². The number of nitrogens with two attached hydrogens (primary N) is 3. The van der Waals surface area contributed by atoms with E-state index in [4.69, 9.17) is 36.1 Å². The number of carbonyl (C=O) groups is 1. The minimum Gasteiger partial charge on any atom is -0.388 e. The Morgan fingerprint density at radius 1 is 0.851 bits per heavy atom. The molecule has 272 valence electrons. The molecule has 5 rings (SSSR count). The minimum atomic E-state index is -1.69. The van der Waals surface area contributed by atoms with Crippen molar-refractivity contribution in [2.45, 2.75) is 142 Å². The molecule has 3 aliphatic carbocycles. The van der Waals surface area contributed by atoms with E-state index in [2.05, 4.69) is 10.6 Å². The number of likely N-dealkylation sites (N-methyl/N-ethyl adjacent to an activating group) is 1. The lowest BCUT2D eigenvalue weighted by molar-refractivity contribution is -0.333. The third kappa shape index (κ3) is 7.85. The summed E-state index contributed by atoms with van der Waals surface area (Å²) in [6.07, 6.45) is -12.2. The van der Waals surface area contributed by atoms with Crippen LogP contribution >= 0.6 is 0 Å². The van der Waals surface area contributed by atoms with Gasteiger partial charge in [0.15, 0.2) is 18.4 Å². The van der Waals surface area contributed by atoms with Gasteiger partial charge in [0.2, 0.25) is 0 Å². The molecule has 0 aromatic heterocycles. The number of aliphatic hydroxyl groups excluding tert-OH is 5. The molecule has 1 unspecified atom stereocenters. The number of ketones is 1. The number of Topliss-reactive ketones (excluding diaryl/α,β-unsaturated/α-hetero) is 1. The van der Waals surface area contributed by atoms with Crippen LogP contribution in [0.2, 0.25) is 0 Å². The number of carbonyl (C=O) groups excluding carboxylic acids is 1. The van der Waals surface area contributed by atoms with Crippen LogP contribution in [-0.4, -0.2) is 165 Å². The lowest BCUT2D eigenvalue weighted by Crippen LogP contribution is -2.68. The maximum absolute atomic E-state index is 13.2. The highest BCUT2D eigenvalue weighted by Crippen LogP contribution is 2.40. The van der Waals surface area contributed by atoms with Crippen LogP contribution in [0.4, 0.5) is 0 Å². The number of hydrogen-bond acceptors (Lipinski definition) is 17. The van der Waals surface area contributed by atoms with Crippen molar-refractivity contribution in [1.82, 2.24) is 10.6 Å². The maximum Gasteiger partial charge on any atom is 0.187 e. The van der Waals surface area contributed by atoms with Crippen molar-refractivity contribution in [3.63, 3.8) is 0 Å². The van der Waals surface area contributed by atoms with E-state index < -0.39 is 96.4 Å². The molecule has 0 bridgehead atoms. The largest absolute Gasteiger partial charge is 0.388 e. The minimum absolute atomic E-state index is 0.0543. The van der Waals surface area contributed by atoms with Crippen molar-refractivity contribution in [2.75, 3.05) is 26.7 Å². The number of nitrogens with one attached hydrogen (secondary N) is 2. The summed E-state index contributed by atoms with van der Waals surface area (Å²) in [6.45, 7) is 2.06. The highest BCUT2D eigenvalue weighted by Gasteiger charge is 2.55. The van der Waals surface area contributed by atoms with Crippen LogP contribution in [-0.2, 0) is 23.7 Å². The highest BCUT2D eigenvalue weighted by atomic mass is 16.7. The molecule has 0 aromatic rings. The quantitative estimate of drug-likeness (QED) is 0.0917. The molecule has 2 heterocycles. The number of rotatable bonds is 12. The van der Waals surface area contributed by atoms with E-state index in [0.717, 1.165) is 12.8 Å². The van der Waals surface area contributed by atoms with E-state index in [1.807, 2.05) is 0 Å². The zero-order valence-corrected chi connectivity index (χ0v) is 27.0. The Balaban J connectivity index is 1.30. The van der Waals surface area contributed by atoms with Gasteiger partial charge in [-0.2, -0.15) is 0 Å². The van der Waals surface area contributed by atoms with Crippen molar-refractivity contribution in [1.29, 1.82) is 0 Å². The Bertz CT molecular complexity index is 1060. The van der Waals surface area contributed by atoms with Gasteiger partial charge in [-0.25, -0.2) is 0 Å². The second-order valence-corrected chi connectivity index (χ2v) is 14.7. The molecule has 15 N–H and O–H groups in total. The van der Waals surface area contributed by atoms with Crippen molar-refractivity contribution < 1.29 is 59.5 Å². The van der Waals surface area contributed by atoms with Gasteiger partial charge >= 0.3 is 0 Å². The SMILES string of the molecule is CN[C@@H]1[C@@H](O)[C@@H](O[C@H]2[C@H](CC(=O)C3(O)CC(N)C3)C[C@H](N)C(O[C@H]3O[C@H](CNCC4CC(N)C4)[C@@H](O)[C@H](O)[C@H]3O)[C@@H]2O)OC[C@]1(C)O. The van der Waals surface area contributed by atoms with Gasteiger partial charge in [0.1, 0.15) is 53.9 Å². The summed E-state index contributed by atoms with van der Waals surface area (Å²) in [6, 6.07) is -1.92. The summed E-state index contributed by atoms with van der Waals surface area (Å²) in [7, 11) is 1.56. The number of aliphatic hydroxyl groups is 7. The lowest BCUT2D eigenvalue weighted by Gasteiger charge is -2.50. The fourth-order valence-electron chi connectivity index (χ4n) is 7.83. The van der Waals surface area contributed by atoms with Gasteiger partial charge in [0.25, 0.3) is 0 Å². The Morgan fingerprint density at radius 2 is 1.51 bits per heavy atom. The Hall–Kier alpha value is -0.970. The summed E-state index contributed by atoms with van der Waals surface area (Å²) in [4.78, 5) is 13.2. The molecule has 0 amide bonds. The molecular weight excluding hydrogens is 622 g/mol. The van der Waals surface area contributed by atoms with Crippen LogP contribution in [0, 0.1) is 11.8 Å². The average molecular weight is 678 g/mol. The first-order valence-corrected chi connectivity index (χ1v) is 16.7. The summed E-state index contributed by atoms with van der Waals surface area (Å²) in [5, 5.41) is 82.3. The Labute approximate surface area is 274 Å². The molecule has 0 aromatic carbocycles. The lowest BCUT2D eigenvalue weighted by atomic mass is 9.69. The summed E-state index contributed by atoms with van der Waals surface area (Å²) in [5.74, 6) is -0.857. The third-order valence-electron chi connectivity index (χ3n) is 10.7. The summed E-state index contributed by atoms with van der Waals surface area (Å²) >= 11 is 0. The van der Waals surface area contributed by atoms with Crippen LogP contribution in [0.5, 0.6) is 0 Å². The molecule has 3 saturated carbocycles. The first kappa shape index (κ1) is 37.3. The van der Waals surface area contributed by atoms with Gasteiger partial charge in [-0.3, -0.25) is 4.79 Å².